The maximum Gasteiger partial charge on any atom is 0.290 e. The van der Waals surface area contributed by atoms with Gasteiger partial charge in [-0.1, -0.05) is 23.7 Å². The number of hydrogen-bond donors (Lipinski definition) is 0. The van der Waals surface area contributed by atoms with Crippen LogP contribution in [0.4, 0.5) is 5.69 Å². The van der Waals surface area contributed by atoms with Crippen molar-refractivity contribution in [2.45, 2.75) is 23.8 Å². The third-order valence-electron chi connectivity index (χ3n) is 4.39. The molecular weight excluding hydrogens is 380 g/mol. The first-order valence-electron chi connectivity index (χ1n) is 7.94. The van der Waals surface area contributed by atoms with Crippen LogP contribution in [0.15, 0.2) is 47.4 Å². The highest BCUT2D eigenvalue weighted by atomic mass is 35.5. The van der Waals surface area contributed by atoms with E-state index in [0.717, 1.165) is 11.6 Å². The number of halogens is 1. The van der Waals surface area contributed by atoms with E-state index in [0.29, 0.717) is 25.1 Å². The summed E-state index contributed by atoms with van der Waals surface area (Å²) in [4.78, 5) is 10.2. The minimum absolute atomic E-state index is 0.112. The Morgan fingerprint density at radius 2 is 2.04 bits per heavy atom. The summed E-state index contributed by atoms with van der Waals surface area (Å²) in [5.74, 6) is 0.629. The number of nitro groups is 1. The van der Waals surface area contributed by atoms with Gasteiger partial charge in [-0.3, -0.25) is 10.1 Å². The highest BCUT2D eigenvalue weighted by Gasteiger charge is 2.39. The molecule has 0 aliphatic carbocycles. The number of ether oxygens (including phenoxy) is 1. The average molecular weight is 397 g/mol. The topological polar surface area (TPSA) is 89.8 Å². The molecule has 0 spiro atoms. The summed E-state index contributed by atoms with van der Waals surface area (Å²) >= 11 is 5.80. The van der Waals surface area contributed by atoms with Gasteiger partial charge in [-0.2, -0.15) is 4.31 Å². The zero-order valence-corrected chi connectivity index (χ0v) is 15.5. The Hall–Kier alpha value is -2.16. The van der Waals surface area contributed by atoms with Gasteiger partial charge in [0, 0.05) is 17.6 Å². The Kier molecular flexibility index (Phi) is 5.17. The maximum absolute atomic E-state index is 13.2. The number of sulfonamides is 1. The van der Waals surface area contributed by atoms with E-state index in [9.17, 15) is 18.5 Å². The lowest BCUT2D eigenvalue weighted by molar-refractivity contribution is -0.387. The molecule has 3 rings (SSSR count). The second-order valence-electron chi connectivity index (χ2n) is 5.92. The summed E-state index contributed by atoms with van der Waals surface area (Å²) in [5.41, 5.74) is 0.274. The van der Waals surface area contributed by atoms with Gasteiger partial charge in [0.05, 0.1) is 18.1 Å². The minimum atomic E-state index is -4.06. The van der Waals surface area contributed by atoms with E-state index in [-0.39, 0.29) is 9.92 Å². The zero-order chi connectivity index (χ0) is 18.9. The van der Waals surface area contributed by atoms with Crippen LogP contribution in [-0.2, 0) is 10.0 Å². The molecule has 26 heavy (non-hydrogen) atoms. The van der Waals surface area contributed by atoms with Gasteiger partial charge >= 0.3 is 0 Å². The van der Waals surface area contributed by atoms with Crippen LogP contribution in [-0.4, -0.2) is 31.3 Å². The molecule has 0 N–H and O–H groups in total. The molecule has 0 bridgehead atoms. The molecule has 1 unspecified atom stereocenters. The molecule has 2 aromatic rings. The molecule has 0 radical (unpaired) electrons. The third kappa shape index (κ3) is 3.40. The molecule has 0 saturated carbocycles. The molecule has 1 aliphatic heterocycles. The van der Waals surface area contributed by atoms with Crippen LogP contribution in [0.3, 0.4) is 0 Å². The van der Waals surface area contributed by atoms with Crippen molar-refractivity contribution in [3.05, 3.63) is 63.2 Å². The van der Waals surface area contributed by atoms with E-state index in [1.165, 1.54) is 16.4 Å². The highest BCUT2D eigenvalue weighted by molar-refractivity contribution is 7.89. The van der Waals surface area contributed by atoms with Crippen molar-refractivity contribution >= 4 is 27.3 Å². The summed E-state index contributed by atoms with van der Waals surface area (Å²) < 4.78 is 32.8. The Morgan fingerprint density at radius 1 is 1.27 bits per heavy atom. The first-order valence-corrected chi connectivity index (χ1v) is 9.76. The van der Waals surface area contributed by atoms with Gasteiger partial charge in [-0.25, -0.2) is 8.42 Å². The van der Waals surface area contributed by atoms with Crippen molar-refractivity contribution in [1.82, 2.24) is 4.31 Å². The van der Waals surface area contributed by atoms with Crippen LogP contribution >= 0.6 is 11.6 Å². The van der Waals surface area contributed by atoms with Crippen LogP contribution in [0.5, 0.6) is 5.75 Å². The number of benzene rings is 2. The minimum Gasteiger partial charge on any atom is -0.497 e. The Balaban J connectivity index is 2.05. The third-order valence-corrected chi connectivity index (χ3v) is 6.58. The van der Waals surface area contributed by atoms with Crippen molar-refractivity contribution < 1.29 is 18.1 Å². The number of methoxy groups -OCH3 is 1. The standard InChI is InChI=1S/C17H17ClN2O5S/c1-25-14-5-2-4-12(10-14)15-6-3-9-19(15)26(23,24)17-8-7-13(18)11-16(17)20(21)22/h2,4-5,7-8,10-11,15H,3,6,9H2,1H3. The molecule has 1 fully saturated rings. The first-order chi connectivity index (χ1) is 12.3. The Labute approximate surface area is 156 Å². The molecule has 0 amide bonds. The summed E-state index contributed by atoms with van der Waals surface area (Å²) in [6.07, 6.45) is 1.30. The van der Waals surface area contributed by atoms with Crippen molar-refractivity contribution in [3.8, 4) is 5.75 Å². The Bertz CT molecular complexity index is 948. The summed E-state index contributed by atoms with van der Waals surface area (Å²) in [5, 5.41) is 11.4. The summed E-state index contributed by atoms with van der Waals surface area (Å²) in [6, 6.07) is 10.4. The highest BCUT2D eigenvalue weighted by Crippen LogP contribution is 2.39. The maximum atomic E-state index is 13.2. The molecule has 0 aromatic heterocycles. The number of nitro benzene ring substituents is 1. The monoisotopic (exact) mass is 396 g/mol. The van der Waals surface area contributed by atoms with E-state index in [1.807, 2.05) is 6.07 Å². The summed E-state index contributed by atoms with van der Waals surface area (Å²) in [6.45, 7) is 0.296. The predicted molar refractivity (Wildman–Crippen MR) is 97.0 cm³/mol. The first kappa shape index (κ1) is 18.6. The fraction of sp³-hybridized carbons (Fsp3) is 0.294. The van der Waals surface area contributed by atoms with Crippen LogP contribution in [0.25, 0.3) is 0 Å². The van der Waals surface area contributed by atoms with Gasteiger partial charge in [0.2, 0.25) is 10.0 Å². The molecule has 138 valence electrons. The fourth-order valence-electron chi connectivity index (χ4n) is 3.19. The van der Waals surface area contributed by atoms with E-state index in [4.69, 9.17) is 16.3 Å². The van der Waals surface area contributed by atoms with Gasteiger partial charge in [0.15, 0.2) is 4.90 Å². The average Bonchev–Trinajstić information content (AvgIpc) is 3.12. The Morgan fingerprint density at radius 3 is 2.73 bits per heavy atom. The van der Waals surface area contributed by atoms with E-state index < -0.39 is 26.7 Å². The number of nitrogens with zero attached hydrogens (tertiary/aromatic N) is 2. The quantitative estimate of drug-likeness (QED) is 0.566. The van der Waals surface area contributed by atoms with Gasteiger partial charge in [0.25, 0.3) is 5.69 Å². The van der Waals surface area contributed by atoms with Crippen molar-refractivity contribution in [3.63, 3.8) is 0 Å². The lowest BCUT2D eigenvalue weighted by Crippen LogP contribution is -2.31. The largest absolute Gasteiger partial charge is 0.497 e. The van der Waals surface area contributed by atoms with Gasteiger partial charge < -0.3 is 4.74 Å². The molecule has 1 aliphatic rings. The lowest BCUT2D eigenvalue weighted by atomic mass is 10.1. The smallest absolute Gasteiger partial charge is 0.290 e. The van der Waals surface area contributed by atoms with E-state index in [1.54, 1.807) is 25.3 Å². The molecule has 7 nitrogen and oxygen atoms in total. The molecule has 1 atom stereocenters. The van der Waals surface area contributed by atoms with Crippen molar-refractivity contribution in [1.29, 1.82) is 0 Å². The normalized spacial score (nSPS) is 18.0. The van der Waals surface area contributed by atoms with Gasteiger partial charge in [-0.15, -0.1) is 0 Å². The van der Waals surface area contributed by atoms with Crippen LogP contribution in [0, 0.1) is 10.1 Å². The summed E-state index contributed by atoms with van der Waals surface area (Å²) in [7, 11) is -2.51. The van der Waals surface area contributed by atoms with Crippen LogP contribution in [0.1, 0.15) is 24.4 Å². The van der Waals surface area contributed by atoms with Crippen LogP contribution in [0.2, 0.25) is 5.02 Å². The second-order valence-corrected chi connectivity index (χ2v) is 8.21. The molecular formula is C17H17ClN2O5S. The molecule has 9 heteroatoms. The number of hydrogen-bond acceptors (Lipinski definition) is 5. The van der Waals surface area contributed by atoms with Crippen molar-refractivity contribution in [2.75, 3.05) is 13.7 Å². The molecule has 2 aromatic carbocycles. The van der Waals surface area contributed by atoms with Gasteiger partial charge in [-0.05, 0) is 42.7 Å². The van der Waals surface area contributed by atoms with Crippen molar-refractivity contribution in [2.24, 2.45) is 0 Å². The lowest BCUT2D eigenvalue weighted by Gasteiger charge is -2.24. The van der Waals surface area contributed by atoms with E-state index >= 15 is 0 Å². The fourth-order valence-corrected chi connectivity index (χ4v) is 5.18. The molecule has 1 saturated heterocycles. The van der Waals surface area contributed by atoms with Gasteiger partial charge in [0.1, 0.15) is 5.75 Å². The SMILES string of the molecule is COc1cccc(C2CCCN2S(=O)(=O)c2ccc(Cl)cc2[N+](=O)[O-])c1. The molecule has 1 heterocycles. The predicted octanol–water partition coefficient (Wildman–Crippen LogP) is 3.78. The number of rotatable bonds is 5. The van der Waals surface area contributed by atoms with Crippen LogP contribution < -0.4 is 4.74 Å². The second kappa shape index (κ2) is 7.22. The zero-order valence-electron chi connectivity index (χ0n) is 14.0. The van der Waals surface area contributed by atoms with E-state index in [2.05, 4.69) is 0 Å².